The van der Waals surface area contributed by atoms with Crippen molar-refractivity contribution in [3.63, 3.8) is 0 Å². The number of carbonyl (C=O) groups excluding carboxylic acids is 1. The first-order valence-electron chi connectivity index (χ1n) is 6.87. The Hall–Kier alpha value is -1.27. The molecule has 20 heavy (non-hydrogen) atoms. The van der Waals surface area contributed by atoms with E-state index in [1.165, 1.54) is 21.8 Å². The number of nitrogens with zero attached hydrogens (tertiary/aromatic N) is 2. The van der Waals surface area contributed by atoms with E-state index in [-0.39, 0.29) is 5.91 Å². The Kier molecular flexibility index (Phi) is 5.25. The van der Waals surface area contributed by atoms with Crippen LogP contribution >= 0.6 is 22.7 Å². The maximum absolute atomic E-state index is 12.2. The van der Waals surface area contributed by atoms with Crippen LogP contribution in [0.1, 0.15) is 51.8 Å². The Morgan fingerprint density at radius 1 is 1.20 bits per heavy atom. The number of amides is 1. The lowest BCUT2D eigenvalue weighted by molar-refractivity contribution is 0.103. The summed E-state index contributed by atoms with van der Waals surface area (Å²) in [7, 11) is 0. The van der Waals surface area contributed by atoms with Crippen LogP contribution in [0.5, 0.6) is 0 Å². The van der Waals surface area contributed by atoms with Crippen LogP contribution in [0.25, 0.3) is 0 Å². The van der Waals surface area contributed by atoms with Gasteiger partial charge in [0.2, 0.25) is 5.13 Å². The Morgan fingerprint density at radius 3 is 2.65 bits per heavy atom. The molecule has 0 unspecified atom stereocenters. The van der Waals surface area contributed by atoms with Crippen molar-refractivity contribution in [3.05, 3.63) is 26.4 Å². The lowest BCUT2D eigenvalue weighted by Crippen LogP contribution is -2.09. The predicted octanol–water partition coefficient (Wildman–Crippen LogP) is 4.07. The number of anilines is 1. The zero-order valence-corrected chi connectivity index (χ0v) is 13.7. The minimum Gasteiger partial charge on any atom is -0.296 e. The highest BCUT2D eigenvalue weighted by molar-refractivity contribution is 7.16. The van der Waals surface area contributed by atoms with Gasteiger partial charge >= 0.3 is 0 Å². The number of rotatable bonds is 6. The second-order valence-electron chi connectivity index (χ2n) is 4.65. The molecule has 0 radical (unpaired) electrons. The standard InChI is InChI=1S/C14H19N3OS2/c1-4-6-10-8-11(19-9(10)3)13(18)15-14-17-16-12(20-14)7-5-2/h8H,4-7H2,1-3H3,(H,15,17,18). The van der Waals surface area contributed by atoms with E-state index in [9.17, 15) is 4.79 Å². The van der Waals surface area contributed by atoms with Crippen molar-refractivity contribution >= 4 is 33.7 Å². The summed E-state index contributed by atoms with van der Waals surface area (Å²) >= 11 is 3.00. The molecular weight excluding hydrogens is 290 g/mol. The van der Waals surface area contributed by atoms with Crippen LogP contribution in [0, 0.1) is 6.92 Å². The summed E-state index contributed by atoms with van der Waals surface area (Å²) in [5.74, 6) is -0.0837. The molecule has 0 saturated heterocycles. The largest absolute Gasteiger partial charge is 0.296 e. The van der Waals surface area contributed by atoms with E-state index in [2.05, 4.69) is 36.3 Å². The fourth-order valence-corrected chi connectivity index (χ4v) is 3.73. The lowest BCUT2D eigenvalue weighted by Gasteiger charge is -1.96. The smallest absolute Gasteiger partial charge is 0.267 e. The van der Waals surface area contributed by atoms with Gasteiger partial charge in [-0.25, -0.2) is 0 Å². The van der Waals surface area contributed by atoms with Crippen LogP contribution in [0.3, 0.4) is 0 Å². The normalized spacial score (nSPS) is 10.8. The Morgan fingerprint density at radius 2 is 1.95 bits per heavy atom. The molecule has 1 N–H and O–H groups in total. The SMILES string of the molecule is CCCc1nnc(NC(=O)c2cc(CCC)c(C)s2)s1. The Labute approximate surface area is 127 Å². The Bertz CT molecular complexity index is 589. The Balaban J connectivity index is 2.05. The maximum atomic E-state index is 12.2. The number of thiophene rings is 1. The van der Waals surface area contributed by atoms with E-state index in [0.29, 0.717) is 5.13 Å². The molecule has 0 aliphatic heterocycles. The second kappa shape index (κ2) is 6.95. The first-order valence-corrected chi connectivity index (χ1v) is 8.50. The molecule has 6 heteroatoms. The first kappa shape index (κ1) is 15.1. The summed E-state index contributed by atoms with van der Waals surface area (Å²) in [6, 6.07) is 1.99. The monoisotopic (exact) mass is 309 g/mol. The van der Waals surface area contributed by atoms with Crippen molar-refractivity contribution in [1.82, 2.24) is 10.2 Å². The number of hydrogen-bond donors (Lipinski definition) is 1. The quantitative estimate of drug-likeness (QED) is 0.875. The van der Waals surface area contributed by atoms with Gasteiger partial charge in [-0.3, -0.25) is 10.1 Å². The third-order valence-corrected chi connectivity index (χ3v) is 4.90. The van der Waals surface area contributed by atoms with Gasteiger partial charge in [-0.15, -0.1) is 21.5 Å². The van der Waals surface area contributed by atoms with Gasteiger partial charge in [0.15, 0.2) is 0 Å². The molecule has 0 saturated carbocycles. The fourth-order valence-electron chi connectivity index (χ4n) is 1.93. The molecule has 1 amide bonds. The van der Waals surface area contributed by atoms with Gasteiger partial charge in [0, 0.05) is 11.3 Å². The summed E-state index contributed by atoms with van der Waals surface area (Å²) in [5.41, 5.74) is 1.27. The average Bonchev–Trinajstić information content (AvgIpc) is 2.99. The van der Waals surface area contributed by atoms with E-state index in [4.69, 9.17) is 0 Å². The van der Waals surface area contributed by atoms with Crippen molar-refractivity contribution in [3.8, 4) is 0 Å². The van der Waals surface area contributed by atoms with Crippen LogP contribution in [-0.4, -0.2) is 16.1 Å². The lowest BCUT2D eigenvalue weighted by atomic mass is 10.1. The zero-order chi connectivity index (χ0) is 14.5. The van der Waals surface area contributed by atoms with Crippen molar-refractivity contribution in [1.29, 1.82) is 0 Å². The van der Waals surface area contributed by atoms with E-state index in [1.54, 1.807) is 11.3 Å². The summed E-state index contributed by atoms with van der Waals surface area (Å²) < 4.78 is 0. The first-order chi connectivity index (χ1) is 9.63. The average molecular weight is 309 g/mol. The molecule has 0 aliphatic rings. The third kappa shape index (κ3) is 3.64. The van der Waals surface area contributed by atoms with Crippen molar-refractivity contribution in [2.45, 2.75) is 46.5 Å². The van der Waals surface area contributed by atoms with Crippen molar-refractivity contribution in [2.24, 2.45) is 0 Å². The van der Waals surface area contributed by atoms with Crippen LogP contribution in [0.15, 0.2) is 6.07 Å². The van der Waals surface area contributed by atoms with Crippen LogP contribution in [0.4, 0.5) is 5.13 Å². The molecule has 2 aromatic heterocycles. The van der Waals surface area contributed by atoms with Crippen molar-refractivity contribution in [2.75, 3.05) is 5.32 Å². The number of aromatic nitrogens is 2. The summed E-state index contributed by atoms with van der Waals surface area (Å²) in [5, 5.41) is 12.5. The molecule has 0 bridgehead atoms. The van der Waals surface area contributed by atoms with E-state index in [1.807, 2.05) is 6.07 Å². The highest BCUT2D eigenvalue weighted by Crippen LogP contribution is 2.24. The number of aryl methyl sites for hydroxylation is 3. The summed E-state index contributed by atoms with van der Waals surface area (Å²) in [6.45, 7) is 6.31. The van der Waals surface area contributed by atoms with Crippen LogP contribution < -0.4 is 5.32 Å². The van der Waals surface area contributed by atoms with Gasteiger partial charge in [0.05, 0.1) is 4.88 Å². The third-order valence-electron chi connectivity index (χ3n) is 2.91. The van der Waals surface area contributed by atoms with Gasteiger partial charge in [0.1, 0.15) is 5.01 Å². The topological polar surface area (TPSA) is 54.9 Å². The zero-order valence-electron chi connectivity index (χ0n) is 12.0. The summed E-state index contributed by atoms with van der Waals surface area (Å²) in [4.78, 5) is 14.2. The van der Waals surface area contributed by atoms with E-state index in [0.717, 1.165) is 35.6 Å². The number of hydrogen-bond acceptors (Lipinski definition) is 5. The molecule has 0 aromatic carbocycles. The number of nitrogens with one attached hydrogen (secondary N) is 1. The molecule has 2 aromatic rings. The van der Waals surface area contributed by atoms with E-state index >= 15 is 0 Å². The molecule has 108 valence electrons. The molecule has 0 spiro atoms. The molecule has 2 heterocycles. The van der Waals surface area contributed by atoms with Gasteiger partial charge < -0.3 is 0 Å². The molecule has 0 aliphatic carbocycles. The fraction of sp³-hybridized carbons (Fsp3) is 0.500. The highest BCUT2D eigenvalue weighted by Gasteiger charge is 2.14. The molecule has 4 nitrogen and oxygen atoms in total. The maximum Gasteiger partial charge on any atom is 0.267 e. The predicted molar refractivity (Wildman–Crippen MR) is 84.9 cm³/mol. The van der Waals surface area contributed by atoms with Crippen LogP contribution in [-0.2, 0) is 12.8 Å². The molecule has 2 rings (SSSR count). The van der Waals surface area contributed by atoms with Gasteiger partial charge in [0.25, 0.3) is 5.91 Å². The van der Waals surface area contributed by atoms with Crippen LogP contribution in [0.2, 0.25) is 0 Å². The molecular formula is C14H19N3OS2. The van der Waals surface area contributed by atoms with Gasteiger partial charge in [-0.05, 0) is 31.4 Å². The second-order valence-corrected chi connectivity index (χ2v) is 6.97. The van der Waals surface area contributed by atoms with Gasteiger partial charge in [-0.1, -0.05) is 31.6 Å². The molecule has 0 atom stereocenters. The molecule has 0 fully saturated rings. The summed E-state index contributed by atoms with van der Waals surface area (Å²) in [6.07, 6.45) is 4.06. The highest BCUT2D eigenvalue weighted by atomic mass is 32.1. The minimum absolute atomic E-state index is 0.0837. The minimum atomic E-state index is -0.0837. The van der Waals surface area contributed by atoms with Crippen molar-refractivity contribution < 1.29 is 4.79 Å². The van der Waals surface area contributed by atoms with E-state index < -0.39 is 0 Å². The van der Waals surface area contributed by atoms with Gasteiger partial charge in [-0.2, -0.15) is 0 Å². The number of carbonyl (C=O) groups is 1.